The van der Waals surface area contributed by atoms with E-state index in [0.717, 1.165) is 30.6 Å². The van der Waals surface area contributed by atoms with E-state index >= 15 is 0 Å². The van der Waals surface area contributed by atoms with E-state index in [0.29, 0.717) is 19.8 Å². The first-order chi connectivity index (χ1) is 13.0. The van der Waals surface area contributed by atoms with Crippen LogP contribution in [0, 0.1) is 6.92 Å². The van der Waals surface area contributed by atoms with E-state index < -0.39 is 10.0 Å². The molecule has 1 saturated heterocycles. The van der Waals surface area contributed by atoms with Gasteiger partial charge in [0.15, 0.2) is 0 Å². The first-order valence-electron chi connectivity index (χ1n) is 9.40. The lowest BCUT2D eigenvalue weighted by atomic mass is 10.0. The van der Waals surface area contributed by atoms with E-state index in [4.69, 9.17) is 4.74 Å². The van der Waals surface area contributed by atoms with Gasteiger partial charge in [-0.1, -0.05) is 60.2 Å². The number of benzene rings is 2. The van der Waals surface area contributed by atoms with E-state index in [1.54, 1.807) is 0 Å². The van der Waals surface area contributed by atoms with Gasteiger partial charge >= 0.3 is 0 Å². The average Bonchev–Trinajstić information content (AvgIpc) is 2.68. The SMILES string of the molecule is Cc1ccc(CS(=O)(=O)NCC(Cc2ccccc2)N2CCOCC2)cc1. The Balaban J connectivity index is 1.64. The third-order valence-corrected chi connectivity index (χ3v) is 6.21. The van der Waals surface area contributed by atoms with Crippen LogP contribution in [0.2, 0.25) is 0 Å². The largest absolute Gasteiger partial charge is 0.379 e. The molecule has 1 N–H and O–H groups in total. The fourth-order valence-corrected chi connectivity index (χ4v) is 4.52. The molecule has 1 aliphatic heterocycles. The van der Waals surface area contributed by atoms with Crippen molar-refractivity contribution in [2.45, 2.75) is 25.1 Å². The van der Waals surface area contributed by atoms with E-state index in [-0.39, 0.29) is 11.8 Å². The van der Waals surface area contributed by atoms with Crippen LogP contribution in [-0.2, 0) is 26.9 Å². The first-order valence-corrected chi connectivity index (χ1v) is 11.1. The van der Waals surface area contributed by atoms with Crippen LogP contribution >= 0.6 is 0 Å². The van der Waals surface area contributed by atoms with Gasteiger partial charge in [0.25, 0.3) is 0 Å². The zero-order valence-corrected chi connectivity index (χ0v) is 16.6. The number of hydrogen-bond donors (Lipinski definition) is 1. The number of nitrogens with one attached hydrogen (secondary N) is 1. The summed E-state index contributed by atoms with van der Waals surface area (Å²) in [6.45, 7) is 5.45. The Morgan fingerprint density at radius 1 is 1.00 bits per heavy atom. The van der Waals surface area contributed by atoms with Gasteiger partial charge in [-0.25, -0.2) is 13.1 Å². The van der Waals surface area contributed by atoms with Crippen LogP contribution < -0.4 is 4.72 Å². The lowest BCUT2D eigenvalue weighted by Gasteiger charge is -2.34. The van der Waals surface area contributed by atoms with E-state index in [9.17, 15) is 8.42 Å². The highest BCUT2D eigenvalue weighted by molar-refractivity contribution is 7.88. The highest BCUT2D eigenvalue weighted by atomic mass is 32.2. The maximum atomic E-state index is 12.6. The average molecular weight is 389 g/mol. The Kier molecular flexibility index (Phi) is 7.01. The molecule has 3 rings (SSSR count). The molecule has 0 saturated carbocycles. The summed E-state index contributed by atoms with van der Waals surface area (Å²) in [7, 11) is -3.38. The number of nitrogens with zero attached hydrogens (tertiary/aromatic N) is 1. The highest BCUT2D eigenvalue weighted by Gasteiger charge is 2.23. The van der Waals surface area contributed by atoms with Crippen LogP contribution in [0.5, 0.6) is 0 Å². The smallest absolute Gasteiger partial charge is 0.215 e. The van der Waals surface area contributed by atoms with Gasteiger partial charge in [-0.15, -0.1) is 0 Å². The maximum absolute atomic E-state index is 12.6. The van der Waals surface area contributed by atoms with Crippen LogP contribution in [-0.4, -0.2) is 52.2 Å². The van der Waals surface area contributed by atoms with Crippen molar-refractivity contribution in [3.05, 3.63) is 71.3 Å². The Hall–Kier alpha value is -1.73. The second-order valence-corrected chi connectivity index (χ2v) is 8.89. The molecule has 0 aliphatic carbocycles. The van der Waals surface area contributed by atoms with Gasteiger partial charge in [0.2, 0.25) is 10.0 Å². The van der Waals surface area contributed by atoms with Crippen molar-refractivity contribution < 1.29 is 13.2 Å². The van der Waals surface area contributed by atoms with E-state index in [2.05, 4.69) is 21.8 Å². The van der Waals surface area contributed by atoms with Crippen molar-refractivity contribution in [3.63, 3.8) is 0 Å². The molecule has 5 nitrogen and oxygen atoms in total. The predicted molar refractivity (Wildman–Crippen MR) is 108 cm³/mol. The fraction of sp³-hybridized carbons (Fsp3) is 0.429. The van der Waals surface area contributed by atoms with Gasteiger partial charge in [0, 0.05) is 25.7 Å². The van der Waals surface area contributed by atoms with Crippen molar-refractivity contribution in [3.8, 4) is 0 Å². The summed E-state index contributed by atoms with van der Waals surface area (Å²) in [4.78, 5) is 2.32. The van der Waals surface area contributed by atoms with Crippen molar-refractivity contribution in [2.75, 3.05) is 32.8 Å². The molecule has 1 fully saturated rings. The molecule has 1 unspecified atom stereocenters. The molecule has 0 bridgehead atoms. The van der Waals surface area contributed by atoms with Gasteiger partial charge in [-0.2, -0.15) is 0 Å². The summed E-state index contributed by atoms with van der Waals surface area (Å²) in [6, 6.07) is 18.0. The minimum absolute atomic E-state index is 0.00838. The van der Waals surface area contributed by atoms with Gasteiger partial charge in [-0.3, -0.25) is 4.90 Å². The zero-order chi connectivity index (χ0) is 19.1. The van der Waals surface area contributed by atoms with Crippen LogP contribution in [0.3, 0.4) is 0 Å². The van der Waals surface area contributed by atoms with Crippen LogP contribution in [0.15, 0.2) is 54.6 Å². The monoisotopic (exact) mass is 388 g/mol. The van der Waals surface area contributed by atoms with Crippen LogP contribution in [0.4, 0.5) is 0 Å². The summed E-state index contributed by atoms with van der Waals surface area (Å²) >= 11 is 0. The third kappa shape index (κ3) is 6.43. The lowest BCUT2D eigenvalue weighted by molar-refractivity contribution is 0.0177. The topological polar surface area (TPSA) is 58.6 Å². The molecular weight excluding hydrogens is 360 g/mol. The molecule has 0 radical (unpaired) electrons. The van der Waals surface area contributed by atoms with Crippen molar-refractivity contribution in [2.24, 2.45) is 0 Å². The summed E-state index contributed by atoms with van der Waals surface area (Å²) in [5.41, 5.74) is 3.14. The number of ether oxygens (including phenoxy) is 1. The molecule has 1 heterocycles. The van der Waals surface area contributed by atoms with Crippen molar-refractivity contribution in [1.82, 2.24) is 9.62 Å². The third-order valence-electron chi connectivity index (χ3n) is 4.89. The summed E-state index contributed by atoms with van der Waals surface area (Å²) in [5.74, 6) is 0.00838. The number of sulfonamides is 1. The minimum atomic E-state index is -3.38. The summed E-state index contributed by atoms with van der Waals surface area (Å²) in [5, 5.41) is 0. The highest BCUT2D eigenvalue weighted by Crippen LogP contribution is 2.12. The van der Waals surface area contributed by atoms with Gasteiger partial charge < -0.3 is 4.74 Å². The Labute approximate surface area is 162 Å². The summed E-state index contributed by atoms with van der Waals surface area (Å²) in [6.07, 6.45) is 0.813. The summed E-state index contributed by atoms with van der Waals surface area (Å²) < 4.78 is 33.4. The number of morpholine rings is 1. The quantitative estimate of drug-likeness (QED) is 0.754. The molecule has 1 aliphatic rings. The number of hydrogen-bond acceptors (Lipinski definition) is 4. The molecule has 0 amide bonds. The van der Waals surface area contributed by atoms with Gasteiger partial charge in [0.05, 0.1) is 19.0 Å². The normalized spacial score (nSPS) is 16.9. The second kappa shape index (κ2) is 9.46. The number of aryl methyl sites for hydroxylation is 1. The first kappa shape index (κ1) is 20.0. The van der Waals surface area contributed by atoms with Crippen molar-refractivity contribution in [1.29, 1.82) is 0 Å². The molecule has 27 heavy (non-hydrogen) atoms. The molecule has 0 spiro atoms. The maximum Gasteiger partial charge on any atom is 0.215 e. The number of rotatable bonds is 8. The van der Waals surface area contributed by atoms with Crippen LogP contribution in [0.25, 0.3) is 0 Å². The zero-order valence-electron chi connectivity index (χ0n) is 15.8. The Morgan fingerprint density at radius 3 is 2.33 bits per heavy atom. The van der Waals surface area contributed by atoms with Gasteiger partial charge in [0.1, 0.15) is 0 Å². The molecular formula is C21H28N2O3S. The van der Waals surface area contributed by atoms with E-state index in [1.807, 2.05) is 49.4 Å². The lowest BCUT2D eigenvalue weighted by Crippen LogP contribution is -2.49. The second-order valence-electron chi connectivity index (χ2n) is 7.09. The fourth-order valence-electron chi connectivity index (χ4n) is 3.34. The molecule has 2 aromatic rings. The molecule has 146 valence electrons. The molecule has 2 aromatic carbocycles. The Bertz CT molecular complexity index is 801. The van der Waals surface area contributed by atoms with Crippen molar-refractivity contribution >= 4 is 10.0 Å². The Morgan fingerprint density at radius 2 is 1.67 bits per heavy atom. The van der Waals surface area contributed by atoms with E-state index in [1.165, 1.54) is 5.56 Å². The predicted octanol–water partition coefficient (Wildman–Crippen LogP) is 2.36. The standard InChI is InChI=1S/C21H28N2O3S/c1-18-7-9-20(10-8-18)17-27(24,25)22-16-21(23-11-13-26-14-12-23)15-19-5-3-2-4-6-19/h2-10,21-22H,11-17H2,1H3. The van der Waals surface area contributed by atoms with Gasteiger partial charge in [-0.05, 0) is 24.5 Å². The minimum Gasteiger partial charge on any atom is -0.379 e. The van der Waals surface area contributed by atoms with Crippen LogP contribution in [0.1, 0.15) is 16.7 Å². The molecule has 1 atom stereocenters. The molecule has 0 aromatic heterocycles. The molecule has 6 heteroatoms.